The fourth-order valence-electron chi connectivity index (χ4n) is 4.76. The SMILES string of the molecule is CCOC(=O)C1=C(C)N=c2s/c(=C3/C(=O)N(CC)c4ccccc43)c(=O)n2[C@H]1c1ccc(OC)cc1. The van der Waals surface area contributed by atoms with E-state index in [9.17, 15) is 14.4 Å². The number of fused-ring (bicyclic) bond motifs is 2. The average Bonchev–Trinajstić information content (AvgIpc) is 3.35. The Hall–Kier alpha value is -3.98. The van der Waals surface area contributed by atoms with Crippen LogP contribution < -0.4 is 24.5 Å². The topological polar surface area (TPSA) is 90.2 Å². The molecule has 8 nitrogen and oxygen atoms in total. The number of esters is 1. The number of allylic oxidation sites excluding steroid dienone is 1. The Bertz CT molecular complexity index is 1600. The zero-order chi connectivity index (χ0) is 25.6. The molecule has 0 radical (unpaired) electrons. The summed E-state index contributed by atoms with van der Waals surface area (Å²) in [5.74, 6) is -0.0946. The first-order valence-corrected chi connectivity index (χ1v) is 12.5. The molecule has 3 aromatic rings. The van der Waals surface area contributed by atoms with Gasteiger partial charge in [0, 0.05) is 12.1 Å². The Balaban J connectivity index is 1.81. The van der Waals surface area contributed by atoms with E-state index >= 15 is 0 Å². The van der Waals surface area contributed by atoms with Crippen LogP contribution in [-0.2, 0) is 14.3 Å². The molecule has 2 aliphatic heterocycles. The highest BCUT2D eigenvalue weighted by molar-refractivity contribution is 7.07. The predicted octanol–water partition coefficient (Wildman–Crippen LogP) is 2.54. The lowest BCUT2D eigenvalue weighted by atomic mass is 9.96. The summed E-state index contributed by atoms with van der Waals surface area (Å²) in [6.45, 7) is 6.04. The lowest BCUT2D eigenvalue weighted by Gasteiger charge is -2.24. The fraction of sp³-hybridized carbons (Fsp3) is 0.259. The van der Waals surface area contributed by atoms with Crippen molar-refractivity contribution in [2.24, 2.45) is 4.99 Å². The zero-order valence-electron chi connectivity index (χ0n) is 20.4. The van der Waals surface area contributed by atoms with E-state index in [4.69, 9.17) is 9.47 Å². The first kappa shape index (κ1) is 23.7. The molecule has 0 aliphatic carbocycles. The number of benzene rings is 2. The highest BCUT2D eigenvalue weighted by Crippen LogP contribution is 2.35. The van der Waals surface area contributed by atoms with Gasteiger partial charge in [-0.2, -0.15) is 0 Å². The van der Waals surface area contributed by atoms with Gasteiger partial charge < -0.3 is 14.4 Å². The van der Waals surface area contributed by atoms with Gasteiger partial charge in [-0.05, 0) is 44.5 Å². The van der Waals surface area contributed by atoms with Crippen molar-refractivity contribution in [3.63, 3.8) is 0 Å². The smallest absolute Gasteiger partial charge is 0.338 e. The first-order valence-electron chi connectivity index (χ1n) is 11.7. The number of carbonyl (C=O) groups is 2. The molecule has 184 valence electrons. The second-order valence-corrected chi connectivity index (χ2v) is 9.32. The molecule has 0 bridgehead atoms. The van der Waals surface area contributed by atoms with Crippen LogP contribution in [0.5, 0.6) is 5.75 Å². The summed E-state index contributed by atoms with van der Waals surface area (Å²) in [7, 11) is 1.57. The number of thiazole rings is 1. The predicted molar refractivity (Wildman–Crippen MR) is 137 cm³/mol. The van der Waals surface area contributed by atoms with Gasteiger partial charge in [0.15, 0.2) is 4.80 Å². The molecule has 0 fully saturated rings. The lowest BCUT2D eigenvalue weighted by molar-refractivity contribution is -0.139. The normalized spacial score (nSPS) is 18.1. The summed E-state index contributed by atoms with van der Waals surface area (Å²) in [5.41, 5.74) is 2.96. The third-order valence-electron chi connectivity index (χ3n) is 6.39. The third-order valence-corrected chi connectivity index (χ3v) is 7.44. The quantitative estimate of drug-likeness (QED) is 0.499. The maximum absolute atomic E-state index is 14.0. The van der Waals surface area contributed by atoms with E-state index in [1.54, 1.807) is 38.0 Å². The summed E-state index contributed by atoms with van der Waals surface area (Å²) in [6, 6.07) is 13.9. The molecular weight excluding hydrogens is 478 g/mol. The van der Waals surface area contributed by atoms with Crippen molar-refractivity contribution >= 4 is 34.5 Å². The lowest BCUT2D eigenvalue weighted by Crippen LogP contribution is -2.41. The molecule has 1 atom stereocenters. The number of likely N-dealkylation sites (N-methyl/N-ethyl adjacent to an activating group) is 1. The number of amides is 1. The minimum atomic E-state index is -0.755. The summed E-state index contributed by atoms with van der Waals surface area (Å²) in [4.78, 5) is 47.2. The Kier molecular flexibility index (Phi) is 6.09. The van der Waals surface area contributed by atoms with Crippen molar-refractivity contribution < 1.29 is 19.1 Å². The number of methoxy groups -OCH3 is 1. The van der Waals surface area contributed by atoms with E-state index in [0.29, 0.717) is 44.0 Å². The minimum absolute atomic E-state index is 0.192. The fourth-order valence-corrected chi connectivity index (χ4v) is 5.89. The molecule has 2 aliphatic rings. The van der Waals surface area contributed by atoms with Crippen molar-refractivity contribution in [3.8, 4) is 5.75 Å². The molecule has 0 unspecified atom stereocenters. The van der Waals surface area contributed by atoms with Gasteiger partial charge in [0.25, 0.3) is 11.5 Å². The summed E-state index contributed by atoms with van der Waals surface area (Å²) in [5, 5.41) is 0. The molecule has 36 heavy (non-hydrogen) atoms. The molecule has 5 rings (SSSR count). The maximum Gasteiger partial charge on any atom is 0.338 e. The van der Waals surface area contributed by atoms with Crippen LogP contribution in [0.2, 0.25) is 0 Å². The number of aromatic nitrogens is 1. The van der Waals surface area contributed by atoms with Crippen LogP contribution in [0.15, 0.2) is 69.6 Å². The Morgan fingerprint density at radius 1 is 1.08 bits per heavy atom. The monoisotopic (exact) mass is 503 g/mol. The van der Waals surface area contributed by atoms with Crippen LogP contribution in [0.1, 0.15) is 37.9 Å². The molecule has 9 heteroatoms. The molecule has 0 N–H and O–H groups in total. The average molecular weight is 504 g/mol. The van der Waals surface area contributed by atoms with Crippen molar-refractivity contribution in [2.75, 3.05) is 25.2 Å². The molecule has 0 spiro atoms. The van der Waals surface area contributed by atoms with Crippen LogP contribution in [0.3, 0.4) is 0 Å². The van der Waals surface area contributed by atoms with Gasteiger partial charge in [0.05, 0.1) is 42.3 Å². The van der Waals surface area contributed by atoms with Gasteiger partial charge in [-0.1, -0.05) is 41.7 Å². The molecular formula is C27H25N3O5S. The van der Waals surface area contributed by atoms with Crippen molar-refractivity contribution in [1.29, 1.82) is 0 Å². The number of ether oxygens (including phenoxy) is 2. The zero-order valence-corrected chi connectivity index (χ0v) is 21.2. The summed E-state index contributed by atoms with van der Waals surface area (Å²) >= 11 is 1.16. The van der Waals surface area contributed by atoms with E-state index in [1.165, 1.54) is 4.57 Å². The van der Waals surface area contributed by atoms with Gasteiger partial charge in [-0.15, -0.1) is 0 Å². The van der Waals surface area contributed by atoms with Gasteiger partial charge >= 0.3 is 5.97 Å². The molecule has 0 saturated carbocycles. The van der Waals surface area contributed by atoms with E-state index in [1.807, 2.05) is 43.3 Å². The van der Waals surface area contributed by atoms with E-state index in [2.05, 4.69) is 4.99 Å². The number of carbonyl (C=O) groups excluding carboxylic acids is 2. The van der Waals surface area contributed by atoms with Crippen LogP contribution in [0, 0.1) is 0 Å². The van der Waals surface area contributed by atoms with Crippen LogP contribution in [0.25, 0.3) is 5.57 Å². The first-order chi connectivity index (χ1) is 17.4. The minimum Gasteiger partial charge on any atom is -0.497 e. The van der Waals surface area contributed by atoms with Crippen molar-refractivity contribution in [3.05, 3.63) is 90.6 Å². The third kappa shape index (κ3) is 3.58. The highest BCUT2D eigenvalue weighted by atomic mass is 32.1. The summed E-state index contributed by atoms with van der Waals surface area (Å²) in [6.07, 6.45) is 0. The maximum atomic E-state index is 14.0. The van der Waals surface area contributed by atoms with Gasteiger partial charge in [-0.3, -0.25) is 14.2 Å². The molecule has 3 heterocycles. The largest absolute Gasteiger partial charge is 0.497 e. The molecule has 1 aromatic heterocycles. The standard InChI is InChI=1S/C27H25N3O5S/c1-5-29-19-10-8-7-9-18(19)21(24(29)31)23-25(32)30-22(16-11-13-17(34-4)14-12-16)20(26(33)35-6-2)15(3)28-27(30)36-23/h7-14,22H,5-6H2,1-4H3/b23-21+/t22-/m0/s1. The molecule has 2 aromatic carbocycles. The second kappa shape index (κ2) is 9.23. The van der Waals surface area contributed by atoms with Crippen molar-refractivity contribution in [1.82, 2.24) is 4.57 Å². The van der Waals surface area contributed by atoms with Crippen molar-refractivity contribution in [2.45, 2.75) is 26.8 Å². The number of anilines is 1. The van der Waals surface area contributed by atoms with E-state index in [-0.39, 0.29) is 18.1 Å². The number of para-hydroxylation sites is 1. The van der Waals surface area contributed by atoms with Crippen LogP contribution in [0.4, 0.5) is 5.69 Å². The van der Waals surface area contributed by atoms with E-state index < -0.39 is 12.0 Å². The Morgan fingerprint density at radius 2 is 1.81 bits per heavy atom. The second-order valence-electron chi connectivity index (χ2n) is 8.34. The Morgan fingerprint density at radius 3 is 2.47 bits per heavy atom. The number of hydrogen-bond donors (Lipinski definition) is 0. The van der Waals surface area contributed by atoms with E-state index in [0.717, 1.165) is 22.6 Å². The molecule has 0 saturated heterocycles. The van der Waals surface area contributed by atoms with Gasteiger partial charge in [0.1, 0.15) is 10.3 Å². The number of hydrogen-bond acceptors (Lipinski definition) is 7. The molecule has 1 amide bonds. The summed E-state index contributed by atoms with van der Waals surface area (Å²) < 4.78 is 12.4. The van der Waals surface area contributed by atoms with Crippen LogP contribution in [-0.4, -0.2) is 36.7 Å². The Labute approximate surface area is 211 Å². The number of nitrogens with zero attached hydrogens (tertiary/aromatic N) is 3. The van der Waals surface area contributed by atoms with Crippen LogP contribution >= 0.6 is 11.3 Å². The highest BCUT2D eigenvalue weighted by Gasteiger charge is 2.36. The van der Waals surface area contributed by atoms with Gasteiger partial charge in [-0.25, -0.2) is 9.79 Å². The number of rotatable bonds is 5. The van der Waals surface area contributed by atoms with Gasteiger partial charge in [0.2, 0.25) is 0 Å².